The molecule has 0 unspecified atom stereocenters. The summed E-state index contributed by atoms with van der Waals surface area (Å²) in [4.78, 5) is 11.6. The minimum Gasteiger partial charge on any atom is -0.460 e. The van der Waals surface area contributed by atoms with E-state index < -0.39 is 34.7 Å². The molecule has 1 rings (SSSR count). The van der Waals surface area contributed by atoms with Gasteiger partial charge in [-0.2, -0.15) is 13.2 Å². The van der Waals surface area contributed by atoms with E-state index in [1.54, 1.807) is 20.8 Å². The summed E-state index contributed by atoms with van der Waals surface area (Å²) in [6.45, 7) is 5.27. The highest BCUT2D eigenvalue weighted by molar-refractivity contribution is 5.90. The molecule has 1 aromatic carbocycles. The largest absolute Gasteiger partial charge is 0.460 e. The van der Waals surface area contributed by atoms with Gasteiger partial charge in [-0.3, -0.25) is 0 Å². The van der Waals surface area contributed by atoms with Crippen molar-refractivity contribution in [2.24, 2.45) is 0 Å². The molecule has 0 fully saturated rings. The third-order valence-corrected chi connectivity index (χ3v) is 2.38. The molecule has 0 aliphatic rings. The number of alkyl halides is 3. The van der Waals surface area contributed by atoms with Gasteiger partial charge in [0.05, 0.1) is 23.3 Å². The van der Waals surface area contributed by atoms with E-state index in [4.69, 9.17) is 9.47 Å². The number of halogens is 4. The summed E-state index contributed by atoms with van der Waals surface area (Å²) >= 11 is 0. The topological polar surface area (TPSA) is 35.5 Å². The average Bonchev–Trinajstić information content (AvgIpc) is 2.32. The van der Waals surface area contributed by atoms with Gasteiger partial charge in [-0.05, 0) is 32.9 Å². The summed E-state index contributed by atoms with van der Waals surface area (Å²) in [5.41, 5.74) is -2.68. The number of benzene rings is 1. The summed E-state index contributed by atoms with van der Waals surface area (Å²) in [6, 6.07) is 2.46. The van der Waals surface area contributed by atoms with Crippen LogP contribution in [-0.2, 0) is 15.7 Å². The van der Waals surface area contributed by atoms with Crippen molar-refractivity contribution in [2.45, 2.75) is 32.5 Å². The Morgan fingerprint density at radius 3 is 2.29 bits per heavy atom. The Bertz CT molecular complexity index is 504. The Hall–Kier alpha value is -1.63. The SMILES string of the molecule is CC(C)(C)OCCOC(=O)c1cccc(C(F)(F)F)c1F. The number of rotatable bonds is 4. The average molecular weight is 308 g/mol. The molecule has 0 saturated heterocycles. The van der Waals surface area contributed by atoms with E-state index in [1.807, 2.05) is 0 Å². The third kappa shape index (κ3) is 5.34. The van der Waals surface area contributed by atoms with Gasteiger partial charge in [0.25, 0.3) is 0 Å². The van der Waals surface area contributed by atoms with Crippen molar-refractivity contribution >= 4 is 5.97 Å². The Morgan fingerprint density at radius 2 is 1.76 bits per heavy atom. The van der Waals surface area contributed by atoms with Crippen LogP contribution in [0.25, 0.3) is 0 Å². The van der Waals surface area contributed by atoms with Gasteiger partial charge in [-0.25, -0.2) is 9.18 Å². The molecule has 0 saturated carbocycles. The Kier molecular flexibility index (Phi) is 5.33. The molecular weight excluding hydrogens is 292 g/mol. The van der Waals surface area contributed by atoms with E-state index in [0.29, 0.717) is 6.07 Å². The first kappa shape index (κ1) is 17.4. The second-order valence-electron chi connectivity index (χ2n) is 5.26. The standard InChI is InChI=1S/C14H16F4O3/c1-13(2,3)21-8-7-20-12(19)9-5-4-6-10(11(9)15)14(16,17)18/h4-6H,7-8H2,1-3H3. The number of ether oxygens (including phenoxy) is 2. The van der Waals surface area contributed by atoms with Crippen LogP contribution in [0.3, 0.4) is 0 Å². The van der Waals surface area contributed by atoms with Gasteiger partial charge < -0.3 is 9.47 Å². The molecule has 21 heavy (non-hydrogen) atoms. The zero-order valence-electron chi connectivity index (χ0n) is 11.9. The van der Waals surface area contributed by atoms with Crippen molar-refractivity contribution in [2.75, 3.05) is 13.2 Å². The van der Waals surface area contributed by atoms with Gasteiger partial charge in [-0.15, -0.1) is 0 Å². The van der Waals surface area contributed by atoms with Crippen LogP contribution in [0.2, 0.25) is 0 Å². The first-order valence-electron chi connectivity index (χ1n) is 6.19. The van der Waals surface area contributed by atoms with E-state index in [1.165, 1.54) is 0 Å². The zero-order chi connectivity index (χ0) is 16.3. The number of esters is 1. The van der Waals surface area contributed by atoms with Crippen molar-refractivity contribution < 1.29 is 31.8 Å². The highest BCUT2D eigenvalue weighted by Crippen LogP contribution is 2.32. The van der Waals surface area contributed by atoms with E-state index >= 15 is 0 Å². The molecule has 0 amide bonds. The highest BCUT2D eigenvalue weighted by Gasteiger charge is 2.35. The van der Waals surface area contributed by atoms with E-state index in [2.05, 4.69) is 0 Å². The van der Waals surface area contributed by atoms with Crippen molar-refractivity contribution in [3.8, 4) is 0 Å². The number of hydrogen-bond acceptors (Lipinski definition) is 3. The Balaban J connectivity index is 2.71. The van der Waals surface area contributed by atoms with Crippen LogP contribution in [0, 0.1) is 5.82 Å². The molecule has 0 heterocycles. The van der Waals surface area contributed by atoms with Crippen LogP contribution in [0.1, 0.15) is 36.7 Å². The number of carbonyl (C=O) groups is 1. The van der Waals surface area contributed by atoms with Gasteiger partial charge in [0.2, 0.25) is 0 Å². The van der Waals surface area contributed by atoms with Crippen molar-refractivity contribution in [3.63, 3.8) is 0 Å². The summed E-state index contributed by atoms with van der Waals surface area (Å²) < 4.78 is 61.2. The highest BCUT2D eigenvalue weighted by atomic mass is 19.4. The molecule has 0 radical (unpaired) electrons. The molecule has 0 atom stereocenters. The molecule has 118 valence electrons. The molecule has 0 aliphatic heterocycles. The van der Waals surface area contributed by atoms with Gasteiger partial charge >= 0.3 is 12.1 Å². The predicted octanol–water partition coefficient (Wildman–Crippen LogP) is 3.82. The van der Waals surface area contributed by atoms with Gasteiger partial charge in [0.1, 0.15) is 12.4 Å². The smallest absolute Gasteiger partial charge is 0.419 e. The van der Waals surface area contributed by atoms with Crippen molar-refractivity contribution in [1.82, 2.24) is 0 Å². The fraction of sp³-hybridized carbons (Fsp3) is 0.500. The monoisotopic (exact) mass is 308 g/mol. The maximum absolute atomic E-state index is 13.7. The molecule has 3 nitrogen and oxygen atoms in total. The minimum atomic E-state index is -4.87. The quantitative estimate of drug-likeness (QED) is 0.482. The maximum atomic E-state index is 13.7. The predicted molar refractivity (Wildman–Crippen MR) is 67.4 cm³/mol. The summed E-state index contributed by atoms with van der Waals surface area (Å²) in [5.74, 6) is -2.79. The minimum absolute atomic E-state index is 0.0653. The molecular formula is C14H16F4O3. The lowest BCUT2D eigenvalue weighted by Gasteiger charge is -2.19. The Labute approximate surface area is 119 Å². The molecule has 0 aliphatic carbocycles. The van der Waals surface area contributed by atoms with Gasteiger partial charge in [0, 0.05) is 0 Å². The second kappa shape index (κ2) is 6.43. The lowest BCUT2D eigenvalue weighted by Crippen LogP contribution is -2.23. The lowest BCUT2D eigenvalue weighted by molar-refractivity contribution is -0.140. The first-order chi connectivity index (χ1) is 9.52. The summed E-state index contributed by atoms with van der Waals surface area (Å²) in [6.07, 6.45) is -4.87. The van der Waals surface area contributed by atoms with Crippen LogP contribution < -0.4 is 0 Å². The Morgan fingerprint density at radius 1 is 1.14 bits per heavy atom. The van der Waals surface area contributed by atoms with Gasteiger partial charge in [-0.1, -0.05) is 6.07 Å². The summed E-state index contributed by atoms with van der Waals surface area (Å²) in [7, 11) is 0. The molecule has 0 spiro atoms. The maximum Gasteiger partial charge on any atom is 0.419 e. The van der Waals surface area contributed by atoms with Crippen LogP contribution in [-0.4, -0.2) is 24.8 Å². The van der Waals surface area contributed by atoms with Crippen LogP contribution in [0.4, 0.5) is 17.6 Å². The molecule has 7 heteroatoms. The third-order valence-electron chi connectivity index (χ3n) is 2.38. The van der Waals surface area contributed by atoms with Crippen molar-refractivity contribution in [1.29, 1.82) is 0 Å². The lowest BCUT2D eigenvalue weighted by atomic mass is 10.1. The molecule has 1 aromatic rings. The van der Waals surface area contributed by atoms with E-state index in [9.17, 15) is 22.4 Å². The fourth-order valence-corrected chi connectivity index (χ4v) is 1.47. The first-order valence-corrected chi connectivity index (χ1v) is 6.19. The summed E-state index contributed by atoms with van der Waals surface area (Å²) in [5, 5.41) is 0. The normalized spacial score (nSPS) is 12.3. The van der Waals surface area contributed by atoms with Crippen molar-refractivity contribution in [3.05, 3.63) is 35.1 Å². The number of carbonyl (C=O) groups excluding carboxylic acids is 1. The molecule has 0 N–H and O–H groups in total. The number of hydrogen-bond donors (Lipinski definition) is 0. The van der Waals surface area contributed by atoms with E-state index in [-0.39, 0.29) is 13.2 Å². The zero-order valence-corrected chi connectivity index (χ0v) is 11.9. The molecule has 0 bridgehead atoms. The van der Waals surface area contributed by atoms with Gasteiger partial charge in [0.15, 0.2) is 0 Å². The van der Waals surface area contributed by atoms with Crippen LogP contribution in [0.15, 0.2) is 18.2 Å². The van der Waals surface area contributed by atoms with Crippen LogP contribution >= 0.6 is 0 Å². The second-order valence-corrected chi connectivity index (χ2v) is 5.26. The van der Waals surface area contributed by atoms with Crippen LogP contribution in [0.5, 0.6) is 0 Å². The molecule has 0 aromatic heterocycles. The van der Waals surface area contributed by atoms with E-state index in [0.717, 1.165) is 12.1 Å². The fourth-order valence-electron chi connectivity index (χ4n) is 1.47.